The largest absolute Gasteiger partial charge is 0.494 e. The molecule has 0 atom stereocenters. The van der Waals surface area contributed by atoms with Gasteiger partial charge in [-0.25, -0.2) is 4.79 Å². The van der Waals surface area contributed by atoms with Crippen molar-refractivity contribution in [2.24, 2.45) is 0 Å². The van der Waals surface area contributed by atoms with Gasteiger partial charge in [0, 0.05) is 5.69 Å². The number of anilines is 1. The van der Waals surface area contributed by atoms with Gasteiger partial charge in [-0.15, -0.1) is 0 Å². The van der Waals surface area contributed by atoms with Gasteiger partial charge in [-0.1, -0.05) is 51.9 Å². The Kier molecular flexibility index (Phi) is 9.92. The molecule has 0 bridgehead atoms. The number of rotatable bonds is 11. The van der Waals surface area contributed by atoms with Crippen molar-refractivity contribution in [2.75, 3.05) is 11.9 Å². The van der Waals surface area contributed by atoms with E-state index < -0.39 is 6.09 Å². The number of nitrogens with one attached hydrogen (secondary N) is 1. The molecule has 1 aromatic rings. The minimum Gasteiger partial charge on any atom is -0.494 e. The molecule has 1 N–H and O–H groups in total. The highest BCUT2D eigenvalue weighted by atomic mass is 16.5. The van der Waals surface area contributed by atoms with Crippen LogP contribution in [0, 0.1) is 7.11 Å². The van der Waals surface area contributed by atoms with Crippen LogP contribution in [0.25, 0.3) is 0 Å². The maximum absolute atomic E-state index is 11.0. The summed E-state index contributed by atoms with van der Waals surface area (Å²) in [4.78, 5) is 11.0. The van der Waals surface area contributed by atoms with Gasteiger partial charge in [0.15, 0.2) is 0 Å². The van der Waals surface area contributed by atoms with Gasteiger partial charge in [-0.2, -0.15) is 0 Å². The molecule has 0 heterocycles. The van der Waals surface area contributed by atoms with Crippen LogP contribution in [-0.2, 0) is 4.74 Å². The lowest BCUT2D eigenvalue weighted by Gasteiger charge is -2.08. The third-order valence-electron chi connectivity index (χ3n) is 3.50. The molecule has 1 rings (SSSR count). The highest BCUT2D eigenvalue weighted by Gasteiger charge is 2.00. The van der Waals surface area contributed by atoms with Gasteiger partial charge in [0.05, 0.1) is 6.61 Å². The second-order valence-electron chi connectivity index (χ2n) is 5.40. The third kappa shape index (κ3) is 8.55. The average Bonchev–Trinajstić information content (AvgIpc) is 2.54. The second kappa shape index (κ2) is 11.9. The zero-order valence-electron chi connectivity index (χ0n) is 13.6. The molecule has 0 spiro atoms. The Balaban J connectivity index is 2.06. The molecule has 0 aromatic heterocycles. The first kappa shape index (κ1) is 18.3. The quantitative estimate of drug-likeness (QED) is 0.545. The van der Waals surface area contributed by atoms with E-state index in [-0.39, 0.29) is 0 Å². The minimum atomic E-state index is -0.576. The first-order valence-corrected chi connectivity index (χ1v) is 8.22. The van der Waals surface area contributed by atoms with E-state index in [1.54, 1.807) is 12.1 Å². The maximum atomic E-state index is 11.0. The van der Waals surface area contributed by atoms with Crippen molar-refractivity contribution in [3.8, 4) is 5.75 Å². The molecule has 0 fully saturated rings. The van der Waals surface area contributed by atoms with Crippen molar-refractivity contribution in [3.05, 3.63) is 31.4 Å². The van der Waals surface area contributed by atoms with Gasteiger partial charge < -0.3 is 9.47 Å². The summed E-state index contributed by atoms with van der Waals surface area (Å²) < 4.78 is 9.97. The summed E-state index contributed by atoms with van der Waals surface area (Å²) in [7, 11) is 3.05. The SMILES string of the molecule is [CH2]OC(=O)Nc1ccc(OCCCCCCCCCC)cc1. The predicted molar refractivity (Wildman–Crippen MR) is 90.0 cm³/mol. The topological polar surface area (TPSA) is 47.6 Å². The maximum Gasteiger partial charge on any atom is 0.411 e. The Labute approximate surface area is 134 Å². The van der Waals surface area contributed by atoms with Gasteiger partial charge in [-0.3, -0.25) is 5.32 Å². The molecular weight excluding hydrogens is 278 g/mol. The number of hydrogen-bond acceptors (Lipinski definition) is 3. The van der Waals surface area contributed by atoms with E-state index in [2.05, 4.69) is 24.1 Å². The van der Waals surface area contributed by atoms with Gasteiger partial charge >= 0.3 is 6.09 Å². The van der Waals surface area contributed by atoms with Gasteiger partial charge in [-0.05, 0) is 30.7 Å². The Bertz CT molecular complexity index is 403. The molecule has 4 heteroatoms. The minimum absolute atomic E-state index is 0.576. The van der Waals surface area contributed by atoms with Crippen molar-refractivity contribution in [2.45, 2.75) is 58.3 Å². The van der Waals surface area contributed by atoms with Crippen molar-refractivity contribution < 1.29 is 14.3 Å². The summed E-state index contributed by atoms with van der Waals surface area (Å²) in [6.07, 6.45) is 9.76. The first-order valence-electron chi connectivity index (χ1n) is 8.22. The van der Waals surface area contributed by atoms with Gasteiger partial charge in [0.1, 0.15) is 12.9 Å². The zero-order valence-corrected chi connectivity index (χ0v) is 13.6. The van der Waals surface area contributed by atoms with Crippen molar-refractivity contribution >= 4 is 11.8 Å². The highest BCUT2D eigenvalue weighted by molar-refractivity contribution is 5.84. The lowest BCUT2D eigenvalue weighted by molar-refractivity contribution is 0.199. The Morgan fingerprint density at radius 3 is 2.18 bits per heavy atom. The van der Waals surface area contributed by atoms with Crippen LogP contribution in [0.2, 0.25) is 0 Å². The van der Waals surface area contributed by atoms with Gasteiger partial charge in [0.25, 0.3) is 0 Å². The molecular formula is C18H28NO3. The number of hydrogen-bond donors (Lipinski definition) is 1. The molecule has 0 saturated carbocycles. The fourth-order valence-corrected chi connectivity index (χ4v) is 2.21. The molecule has 22 heavy (non-hydrogen) atoms. The Morgan fingerprint density at radius 2 is 1.59 bits per heavy atom. The molecule has 1 radical (unpaired) electrons. The van der Waals surface area contributed by atoms with E-state index in [0.29, 0.717) is 5.69 Å². The van der Waals surface area contributed by atoms with Crippen LogP contribution in [0.5, 0.6) is 5.75 Å². The van der Waals surface area contributed by atoms with E-state index in [4.69, 9.17) is 4.74 Å². The number of ether oxygens (including phenoxy) is 2. The molecule has 0 aliphatic rings. The van der Waals surface area contributed by atoms with Crippen LogP contribution in [0.3, 0.4) is 0 Å². The summed E-state index contributed by atoms with van der Waals surface area (Å²) in [5, 5.41) is 2.54. The monoisotopic (exact) mass is 306 g/mol. The fraction of sp³-hybridized carbons (Fsp3) is 0.556. The van der Waals surface area contributed by atoms with Crippen LogP contribution in [0.1, 0.15) is 58.3 Å². The molecule has 0 saturated heterocycles. The van der Waals surface area contributed by atoms with Crippen molar-refractivity contribution in [1.29, 1.82) is 0 Å². The van der Waals surface area contributed by atoms with E-state index in [1.165, 1.54) is 44.9 Å². The number of carbonyl (C=O) groups excluding carboxylic acids is 1. The van der Waals surface area contributed by atoms with E-state index in [9.17, 15) is 4.79 Å². The Morgan fingerprint density at radius 1 is 1.00 bits per heavy atom. The van der Waals surface area contributed by atoms with Crippen LogP contribution >= 0.6 is 0 Å². The predicted octanol–water partition coefficient (Wildman–Crippen LogP) is 5.55. The van der Waals surface area contributed by atoms with Crippen LogP contribution in [0.15, 0.2) is 24.3 Å². The smallest absolute Gasteiger partial charge is 0.411 e. The summed E-state index contributed by atoms with van der Waals surface area (Å²) in [6, 6.07) is 7.23. The van der Waals surface area contributed by atoms with Crippen molar-refractivity contribution in [1.82, 2.24) is 0 Å². The summed E-state index contributed by atoms with van der Waals surface area (Å²) in [5.74, 6) is 0.816. The van der Waals surface area contributed by atoms with Crippen LogP contribution in [0.4, 0.5) is 10.5 Å². The fourth-order valence-electron chi connectivity index (χ4n) is 2.21. The number of unbranched alkanes of at least 4 members (excludes halogenated alkanes) is 7. The van der Waals surface area contributed by atoms with E-state index >= 15 is 0 Å². The summed E-state index contributed by atoms with van der Waals surface area (Å²) in [5.41, 5.74) is 0.660. The second-order valence-corrected chi connectivity index (χ2v) is 5.40. The summed E-state index contributed by atoms with van der Waals surface area (Å²) in [6.45, 7) is 2.98. The standard InChI is InChI=1S/C18H28NO3/c1-3-4-5-6-7-8-9-10-15-22-17-13-11-16(12-14-17)19-18(20)21-2/h11-14H,2-10,15H2,1H3,(H,19,20). The van der Waals surface area contributed by atoms with Crippen LogP contribution in [-0.4, -0.2) is 12.7 Å². The molecule has 123 valence electrons. The van der Waals surface area contributed by atoms with E-state index in [0.717, 1.165) is 18.8 Å². The molecule has 0 aliphatic carbocycles. The number of amides is 1. The molecule has 0 unspecified atom stereocenters. The molecule has 1 amide bonds. The summed E-state index contributed by atoms with van der Waals surface area (Å²) >= 11 is 0. The molecule has 1 aromatic carbocycles. The lowest BCUT2D eigenvalue weighted by atomic mass is 10.1. The number of carbonyl (C=O) groups is 1. The first-order chi connectivity index (χ1) is 10.8. The number of benzene rings is 1. The third-order valence-corrected chi connectivity index (χ3v) is 3.50. The van der Waals surface area contributed by atoms with Crippen LogP contribution < -0.4 is 10.1 Å². The van der Waals surface area contributed by atoms with Gasteiger partial charge in [0.2, 0.25) is 0 Å². The Hall–Kier alpha value is -1.71. The molecule has 4 nitrogen and oxygen atoms in total. The lowest BCUT2D eigenvalue weighted by Crippen LogP contribution is -2.09. The van der Waals surface area contributed by atoms with E-state index in [1.807, 2.05) is 12.1 Å². The molecule has 0 aliphatic heterocycles. The zero-order chi connectivity index (χ0) is 16.0. The highest BCUT2D eigenvalue weighted by Crippen LogP contribution is 2.16. The average molecular weight is 306 g/mol. The van der Waals surface area contributed by atoms with Crippen molar-refractivity contribution in [3.63, 3.8) is 0 Å². The normalized spacial score (nSPS) is 10.3.